The normalized spacial score (nSPS) is 15.9. The monoisotopic (exact) mass is 222 g/mol. The summed E-state index contributed by atoms with van der Waals surface area (Å²) in [5.74, 6) is 0.345. The molecule has 0 saturated carbocycles. The van der Waals surface area contributed by atoms with Crippen molar-refractivity contribution in [3.63, 3.8) is 0 Å². The highest BCUT2D eigenvalue weighted by atomic mass is 35.6. The summed E-state index contributed by atoms with van der Waals surface area (Å²) in [5.41, 5.74) is 0. The molecule has 0 fully saturated rings. The average molecular weight is 224 g/mol. The molecule has 0 aliphatic heterocycles. The van der Waals surface area contributed by atoms with E-state index in [1.807, 2.05) is 13.8 Å². The Hall–Kier alpha value is 1.16. The Kier molecular flexibility index (Phi) is 4.74. The molecule has 0 heterocycles. The highest BCUT2D eigenvalue weighted by Crippen LogP contribution is 2.34. The van der Waals surface area contributed by atoms with E-state index in [1.165, 1.54) is 0 Å². The van der Waals surface area contributed by atoms with Crippen molar-refractivity contribution in [2.24, 2.45) is 5.92 Å². The summed E-state index contributed by atoms with van der Waals surface area (Å²) in [5, 5.41) is -0.0625. The largest absolute Gasteiger partial charge is 0.192 e. The van der Waals surface area contributed by atoms with Gasteiger partial charge in [-0.3, -0.25) is 0 Å². The first kappa shape index (κ1) is 11.2. The van der Waals surface area contributed by atoms with Crippen molar-refractivity contribution in [2.45, 2.75) is 29.4 Å². The van der Waals surface area contributed by atoms with Gasteiger partial charge in [-0.25, -0.2) is 0 Å². The maximum Gasteiger partial charge on any atom is 0.192 e. The Labute approximate surface area is 81.8 Å². The fourth-order valence-corrected chi connectivity index (χ4v) is 1.42. The van der Waals surface area contributed by atoms with Crippen LogP contribution >= 0.6 is 46.4 Å². The second kappa shape index (κ2) is 4.25. The SMILES string of the molecule is CC(C)C(Cl)CC(Cl)(Cl)Cl. The number of alkyl halides is 4. The van der Waals surface area contributed by atoms with E-state index in [0.717, 1.165) is 0 Å². The van der Waals surface area contributed by atoms with Gasteiger partial charge in [-0.1, -0.05) is 48.7 Å². The van der Waals surface area contributed by atoms with Gasteiger partial charge in [-0.2, -0.15) is 0 Å². The van der Waals surface area contributed by atoms with Gasteiger partial charge in [-0.15, -0.1) is 11.6 Å². The molecule has 0 bridgehead atoms. The first-order valence-electron chi connectivity index (χ1n) is 3.04. The molecule has 0 radical (unpaired) electrons. The fourth-order valence-electron chi connectivity index (χ4n) is 0.457. The van der Waals surface area contributed by atoms with Crippen molar-refractivity contribution in [1.82, 2.24) is 0 Å². The average Bonchev–Trinajstić information content (AvgIpc) is 1.60. The molecule has 0 aliphatic carbocycles. The second-order valence-corrected chi connectivity index (χ2v) is 5.66. The zero-order valence-electron chi connectivity index (χ0n) is 5.87. The molecule has 0 saturated heterocycles. The molecule has 1 atom stereocenters. The highest BCUT2D eigenvalue weighted by molar-refractivity contribution is 6.67. The van der Waals surface area contributed by atoms with Crippen LogP contribution in [0.1, 0.15) is 20.3 Å². The van der Waals surface area contributed by atoms with Crippen molar-refractivity contribution in [3.8, 4) is 0 Å². The molecule has 62 valence electrons. The molecular weight excluding hydrogens is 214 g/mol. The smallest absolute Gasteiger partial charge is 0.123 e. The number of halogens is 4. The Morgan fingerprint density at radius 1 is 1.20 bits per heavy atom. The third-order valence-electron chi connectivity index (χ3n) is 1.15. The van der Waals surface area contributed by atoms with Crippen LogP contribution in [0.5, 0.6) is 0 Å². The van der Waals surface area contributed by atoms with Gasteiger partial charge in [0.2, 0.25) is 0 Å². The van der Waals surface area contributed by atoms with E-state index in [-0.39, 0.29) is 5.38 Å². The van der Waals surface area contributed by atoms with Gasteiger partial charge in [0.15, 0.2) is 3.79 Å². The fraction of sp³-hybridized carbons (Fsp3) is 1.00. The minimum absolute atomic E-state index is 0.0625. The standard InChI is InChI=1S/C6H10Cl4/c1-4(2)5(7)3-6(8,9)10/h4-5H,3H2,1-2H3. The summed E-state index contributed by atoms with van der Waals surface area (Å²) in [6.45, 7) is 3.99. The van der Waals surface area contributed by atoms with Crippen LogP contribution in [0.2, 0.25) is 0 Å². The lowest BCUT2D eigenvalue weighted by atomic mass is 10.1. The predicted molar refractivity (Wildman–Crippen MR) is 49.4 cm³/mol. The Bertz CT molecular complexity index is 94.4. The van der Waals surface area contributed by atoms with Crippen LogP contribution < -0.4 is 0 Å². The van der Waals surface area contributed by atoms with Crippen molar-refractivity contribution >= 4 is 46.4 Å². The molecule has 1 unspecified atom stereocenters. The third-order valence-corrected chi connectivity index (χ3v) is 2.27. The second-order valence-electron chi connectivity index (χ2n) is 2.58. The topological polar surface area (TPSA) is 0 Å². The molecule has 4 heteroatoms. The molecule has 0 nitrogen and oxygen atoms in total. The van der Waals surface area contributed by atoms with Gasteiger partial charge in [-0.05, 0) is 5.92 Å². The van der Waals surface area contributed by atoms with Crippen LogP contribution in [0.3, 0.4) is 0 Å². The van der Waals surface area contributed by atoms with E-state index in [4.69, 9.17) is 46.4 Å². The van der Waals surface area contributed by atoms with Crippen LogP contribution in [0.15, 0.2) is 0 Å². The minimum Gasteiger partial charge on any atom is -0.123 e. The molecular formula is C6H10Cl4. The van der Waals surface area contributed by atoms with Crippen molar-refractivity contribution in [1.29, 1.82) is 0 Å². The van der Waals surface area contributed by atoms with Gasteiger partial charge in [0, 0.05) is 11.8 Å². The molecule has 10 heavy (non-hydrogen) atoms. The first-order chi connectivity index (χ1) is 4.33. The molecule has 0 spiro atoms. The molecule has 0 aromatic carbocycles. The molecule has 0 amide bonds. The van der Waals surface area contributed by atoms with Gasteiger partial charge >= 0.3 is 0 Å². The van der Waals surface area contributed by atoms with Gasteiger partial charge in [0.25, 0.3) is 0 Å². The van der Waals surface area contributed by atoms with Gasteiger partial charge in [0.05, 0.1) is 0 Å². The van der Waals surface area contributed by atoms with E-state index in [1.54, 1.807) is 0 Å². The summed E-state index contributed by atoms with van der Waals surface area (Å²) in [6, 6.07) is 0. The minimum atomic E-state index is -1.21. The first-order valence-corrected chi connectivity index (χ1v) is 4.61. The lowest BCUT2D eigenvalue weighted by molar-refractivity contribution is 0.571. The lowest BCUT2D eigenvalue weighted by Gasteiger charge is -2.17. The molecule has 0 aliphatic rings. The van der Waals surface area contributed by atoms with Crippen molar-refractivity contribution < 1.29 is 0 Å². The lowest BCUT2D eigenvalue weighted by Crippen LogP contribution is -2.16. The summed E-state index contributed by atoms with van der Waals surface area (Å²) in [6.07, 6.45) is 0.400. The zero-order valence-corrected chi connectivity index (χ0v) is 8.90. The summed E-state index contributed by atoms with van der Waals surface area (Å²) >= 11 is 22.4. The van der Waals surface area contributed by atoms with E-state index in [2.05, 4.69) is 0 Å². The highest BCUT2D eigenvalue weighted by Gasteiger charge is 2.25. The Morgan fingerprint density at radius 3 is 1.70 bits per heavy atom. The maximum atomic E-state index is 5.85. The number of hydrogen-bond donors (Lipinski definition) is 0. The van der Waals surface area contributed by atoms with Gasteiger partial charge in [0.1, 0.15) is 0 Å². The molecule has 0 aromatic rings. The van der Waals surface area contributed by atoms with E-state index < -0.39 is 3.79 Å². The van der Waals surface area contributed by atoms with Crippen molar-refractivity contribution in [2.75, 3.05) is 0 Å². The molecule has 0 rings (SSSR count). The van der Waals surface area contributed by atoms with Crippen LogP contribution in [0.25, 0.3) is 0 Å². The predicted octanol–water partition coefficient (Wildman–Crippen LogP) is 4.01. The number of rotatable bonds is 2. The summed E-state index contributed by atoms with van der Waals surface area (Å²) < 4.78 is -1.21. The number of hydrogen-bond acceptors (Lipinski definition) is 0. The van der Waals surface area contributed by atoms with E-state index in [9.17, 15) is 0 Å². The molecule has 0 N–H and O–H groups in total. The van der Waals surface area contributed by atoms with Crippen LogP contribution in [-0.4, -0.2) is 9.17 Å². The summed E-state index contributed by atoms with van der Waals surface area (Å²) in [7, 11) is 0. The van der Waals surface area contributed by atoms with E-state index >= 15 is 0 Å². The van der Waals surface area contributed by atoms with Gasteiger partial charge < -0.3 is 0 Å². The Balaban J connectivity index is 3.68. The molecule has 0 aromatic heterocycles. The van der Waals surface area contributed by atoms with Crippen LogP contribution in [0.4, 0.5) is 0 Å². The van der Waals surface area contributed by atoms with E-state index in [0.29, 0.717) is 12.3 Å². The Morgan fingerprint density at radius 2 is 1.60 bits per heavy atom. The summed E-state index contributed by atoms with van der Waals surface area (Å²) in [4.78, 5) is 0. The van der Waals surface area contributed by atoms with Crippen LogP contribution in [0, 0.1) is 5.92 Å². The maximum absolute atomic E-state index is 5.85. The third kappa shape index (κ3) is 5.91. The zero-order chi connectivity index (χ0) is 8.36. The van der Waals surface area contributed by atoms with Crippen molar-refractivity contribution in [3.05, 3.63) is 0 Å². The quantitative estimate of drug-likeness (QED) is 0.621. The van der Waals surface area contributed by atoms with Crippen LogP contribution in [-0.2, 0) is 0 Å².